The standard InChI is InChI=1S/C21H25BrN2O4/c1-27-17-12-14(22)19(25)18(20(17)28-2)21(26)24-16(15-9-6-10-23-15)11-13-7-4-3-5-8-13/h3-5,7-8,12,15-16,23,25H,6,9-11H2,1-2H3,(H,24,26). The Kier molecular flexibility index (Phi) is 6.80. The van der Waals surface area contributed by atoms with Gasteiger partial charge >= 0.3 is 0 Å². The Labute approximate surface area is 173 Å². The predicted octanol–water partition coefficient (Wildman–Crippen LogP) is 3.27. The van der Waals surface area contributed by atoms with Crippen LogP contribution in [0.1, 0.15) is 28.8 Å². The molecule has 3 N–H and O–H groups in total. The largest absolute Gasteiger partial charge is 0.506 e. The summed E-state index contributed by atoms with van der Waals surface area (Å²) in [6.07, 6.45) is 2.76. The minimum atomic E-state index is -0.399. The predicted molar refractivity (Wildman–Crippen MR) is 111 cm³/mol. The maximum absolute atomic E-state index is 13.2. The zero-order chi connectivity index (χ0) is 20.1. The highest BCUT2D eigenvalue weighted by atomic mass is 79.9. The number of hydrogen-bond acceptors (Lipinski definition) is 5. The van der Waals surface area contributed by atoms with Crippen LogP contribution in [0.2, 0.25) is 0 Å². The molecule has 0 aliphatic carbocycles. The third-order valence-electron chi connectivity index (χ3n) is 5.02. The summed E-state index contributed by atoms with van der Waals surface area (Å²) in [7, 11) is 2.94. The van der Waals surface area contributed by atoms with Gasteiger partial charge in [-0.25, -0.2) is 0 Å². The SMILES string of the molecule is COc1cc(Br)c(O)c(C(=O)NC(Cc2ccccc2)C2CCCN2)c1OC. The minimum absolute atomic E-state index is 0.0600. The van der Waals surface area contributed by atoms with Crippen LogP contribution in [-0.4, -0.2) is 43.9 Å². The number of carbonyl (C=O) groups is 1. The molecule has 150 valence electrons. The van der Waals surface area contributed by atoms with Crippen molar-refractivity contribution in [3.05, 3.63) is 52.0 Å². The first-order valence-electron chi connectivity index (χ1n) is 9.26. The summed E-state index contributed by atoms with van der Waals surface area (Å²) in [5, 5.41) is 17.1. The molecular formula is C21H25BrN2O4. The van der Waals surface area contributed by atoms with Gasteiger partial charge in [0.05, 0.1) is 18.7 Å². The van der Waals surface area contributed by atoms with Crippen LogP contribution in [-0.2, 0) is 6.42 Å². The lowest BCUT2D eigenvalue weighted by Gasteiger charge is -2.26. The van der Waals surface area contributed by atoms with Crippen molar-refractivity contribution in [2.45, 2.75) is 31.3 Å². The summed E-state index contributed by atoms with van der Waals surface area (Å²) in [6.45, 7) is 0.936. The number of halogens is 1. The number of benzene rings is 2. The van der Waals surface area contributed by atoms with Crippen molar-refractivity contribution in [1.82, 2.24) is 10.6 Å². The van der Waals surface area contributed by atoms with E-state index in [0.717, 1.165) is 24.9 Å². The number of nitrogens with one attached hydrogen (secondary N) is 2. The molecule has 0 aromatic heterocycles. The van der Waals surface area contributed by atoms with Gasteiger partial charge in [0.1, 0.15) is 11.3 Å². The van der Waals surface area contributed by atoms with Crippen LogP contribution in [0.3, 0.4) is 0 Å². The van der Waals surface area contributed by atoms with Gasteiger partial charge in [0, 0.05) is 18.2 Å². The van der Waals surface area contributed by atoms with Crippen molar-refractivity contribution in [1.29, 1.82) is 0 Å². The average molecular weight is 449 g/mol. The number of aromatic hydroxyl groups is 1. The molecular weight excluding hydrogens is 424 g/mol. The molecule has 0 bridgehead atoms. The van der Waals surface area contributed by atoms with Gasteiger partial charge in [-0.2, -0.15) is 0 Å². The summed E-state index contributed by atoms with van der Waals surface area (Å²) >= 11 is 3.28. The zero-order valence-corrected chi connectivity index (χ0v) is 17.6. The lowest BCUT2D eigenvalue weighted by atomic mass is 9.97. The van der Waals surface area contributed by atoms with E-state index in [2.05, 4.69) is 26.6 Å². The second kappa shape index (κ2) is 9.30. The normalized spacial score (nSPS) is 17.2. The first kappa shape index (κ1) is 20.5. The van der Waals surface area contributed by atoms with E-state index in [9.17, 15) is 9.90 Å². The summed E-state index contributed by atoms with van der Waals surface area (Å²) in [6, 6.07) is 11.7. The maximum atomic E-state index is 13.2. The lowest BCUT2D eigenvalue weighted by molar-refractivity contribution is 0.0922. The summed E-state index contributed by atoms with van der Waals surface area (Å²) in [5.41, 5.74) is 1.20. The quantitative estimate of drug-likeness (QED) is 0.605. The van der Waals surface area contributed by atoms with Crippen LogP contribution in [0.25, 0.3) is 0 Å². The van der Waals surface area contributed by atoms with Gasteiger partial charge in [0.15, 0.2) is 11.5 Å². The Morgan fingerprint density at radius 3 is 2.68 bits per heavy atom. The van der Waals surface area contributed by atoms with Gasteiger partial charge in [0.2, 0.25) is 0 Å². The Morgan fingerprint density at radius 1 is 1.32 bits per heavy atom. The van der Waals surface area contributed by atoms with Gasteiger partial charge in [-0.05, 0) is 47.3 Å². The molecule has 3 rings (SSSR count). The third-order valence-corrected chi connectivity index (χ3v) is 5.63. The highest BCUT2D eigenvalue weighted by Crippen LogP contribution is 2.42. The fourth-order valence-corrected chi connectivity index (χ4v) is 4.03. The van der Waals surface area contributed by atoms with Crippen molar-refractivity contribution < 1.29 is 19.4 Å². The number of phenols is 1. The molecule has 1 aliphatic heterocycles. The van der Waals surface area contributed by atoms with E-state index in [-0.39, 0.29) is 29.1 Å². The molecule has 1 fully saturated rings. The van der Waals surface area contributed by atoms with Crippen molar-refractivity contribution in [2.24, 2.45) is 0 Å². The van der Waals surface area contributed by atoms with E-state index in [1.165, 1.54) is 14.2 Å². The molecule has 6 nitrogen and oxygen atoms in total. The molecule has 28 heavy (non-hydrogen) atoms. The van der Waals surface area contributed by atoms with Crippen molar-refractivity contribution >= 4 is 21.8 Å². The van der Waals surface area contributed by atoms with Crippen LogP contribution in [0.4, 0.5) is 0 Å². The lowest BCUT2D eigenvalue weighted by Crippen LogP contribution is -2.48. The number of hydrogen-bond donors (Lipinski definition) is 3. The van der Waals surface area contributed by atoms with E-state index in [0.29, 0.717) is 16.6 Å². The third kappa shape index (κ3) is 4.42. The van der Waals surface area contributed by atoms with E-state index >= 15 is 0 Å². The van der Waals surface area contributed by atoms with Gasteiger partial charge in [0.25, 0.3) is 5.91 Å². The van der Waals surface area contributed by atoms with Crippen LogP contribution in [0.5, 0.6) is 17.2 Å². The second-order valence-electron chi connectivity index (χ2n) is 6.79. The molecule has 0 saturated carbocycles. The van der Waals surface area contributed by atoms with Crippen molar-refractivity contribution in [3.8, 4) is 17.2 Å². The van der Waals surface area contributed by atoms with Crippen LogP contribution in [0, 0.1) is 0 Å². The number of ether oxygens (including phenoxy) is 2. The summed E-state index contributed by atoms with van der Waals surface area (Å²) in [4.78, 5) is 13.2. The highest BCUT2D eigenvalue weighted by Gasteiger charge is 2.30. The Bertz CT molecular complexity index is 823. The minimum Gasteiger partial charge on any atom is -0.506 e. The Morgan fingerprint density at radius 2 is 2.07 bits per heavy atom. The number of amides is 1. The highest BCUT2D eigenvalue weighted by molar-refractivity contribution is 9.10. The zero-order valence-electron chi connectivity index (χ0n) is 16.0. The molecule has 2 atom stereocenters. The maximum Gasteiger partial charge on any atom is 0.259 e. The van der Waals surface area contributed by atoms with E-state index in [1.807, 2.05) is 30.3 Å². The number of rotatable bonds is 7. The Balaban J connectivity index is 1.90. The van der Waals surface area contributed by atoms with Gasteiger partial charge < -0.3 is 25.2 Å². The van der Waals surface area contributed by atoms with Crippen LogP contribution >= 0.6 is 15.9 Å². The monoisotopic (exact) mass is 448 g/mol. The van der Waals surface area contributed by atoms with E-state index in [4.69, 9.17) is 9.47 Å². The first-order valence-corrected chi connectivity index (χ1v) is 10.1. The molecule has 1 saturated heterocycles. The topological polar surface area (TPSA) is 79.8 Å². The van der Waals surface area contributed by atoms with Gasteiger partial charge in [-0.15, -0.1) is 0 Å². The molecule has 0 radical (unpaired) electrons. The molecule has 1 heterocycles. The Hall–Kier alpha value is -2.25. The van der Waals surface area contributed by atoms with Gasteiger partial charge in [-0.3, -0.25) is 4.79 Å². The van der Waals surface area contributed by atoms with Gasteiger partial charge in [-0.1, -0.05) is 30.3 Å². The summed E-state index contributed by atoms with van der Waals surface area (Å²) < 4.78 is 11.0. The second-order valence-corrected chi connectivity index (χ2v) is 7.64. The smallest absolute Gasteiger partial charge is 0.259 e. The van der Waals surface area contributed by atoms with Crippen molar-refractivity contribution in [3.63, 3.8) is 0 Å². The fourth-order valence-electron chi connectivity index (χ4n) is 3.62. The molecule has 2 aromatic carbocycles. The van der Waals surface area contributed by atoms with Crippen LogP contribution in [0.15, 0.2) is 40.9 Å². The molecule has 1 aliphatic rings. The number of methoxy groups -OCH3 is 2. The van der Waals surface area contributed by atoms with Crippen molar-refractivity contribution in [2.75, 3.05) is 20.8 Å². The molecule has 1 amide bonds. The number of phenolic OH excluding ortho intramolecular Hbond substituents is 1. The first-order chi connectivity index (χ1) is 13.5. The molecule has 2 aromatic rings. The van der Waals surface area contributed by atoms with Crippen LogP contribution < -0.4 is 20.1 Å². The number of carbonyl (C=O) groups excluding carboxylic acids is 1. The molecule has 2 unspecified atom stereocenters. The summed E-state index contributed by atoms with van der Waals surface area (Å²) in [5.74, 6) is 0.00559. The molecule has 7 heteroatoms. The fraction of sp³-hybridized carbons (Fsp3) is 0.381. The van der Waals surface area contributed by atoms with E-state index in [1.54, 1.807) is 6.07 Å². The molecule has 0 spiro atoms. The average Bonchev–Trinajstić information content (AvgIpc) is 3.24. The van der Waals surface area contributed by atoms with E-state index < -0.39 is 5.91 Å².